The number of fused-ring (bicyclic) bond motifs is 1. The molecule has 1 heterocycles. The van der Waals surface area contributed by atoms with E-state index >= 15 is 0 Å². The van der Waals surface area contributed by atoms with E-state index in [1.54, 1.807) is 38.3 Å². The first kappa shape index (κ1) is 23.8. The Bertz CT molecular complexity index is 1350. The Labute approximate surface area is 203 Å². The molecule has 178 valence electrons. The van der Waals surface area contributed by atoms with Gasteiger partial charge < -0.3 is 19.5 Å². The third-order valence-corrected chi connectivity index (χ3v) is 5.36. The molecule has 0 fully saturated rings. The highest BCUT2D eigenvalue weighted by Crippen LogP contribution is 2.32. The van der Waals surface area contributed by atoms with Crippen LogP contribution in [0.4, 0.5) is 5.69 Å². The molecule has 1 aromatic heterocycles. The Morgan fingerprint density at radius 2 is 1.69 bits per heavy atom. The SMILES string of the molecule is CCOC(=O)c1ccc2nc(-c3ccc(OC)cc3)cc(OCC(=O)Nc3ccc(C)cc3)c2c1. The normalized spacial score (nSPS) is 10.6. The number of nitrogens with one attached hydrogen (secondary N) is 1. The molecule has 0 unspecified atom stereocenters. The molecule has 0 saturated heterocycles. The zero-order valence-electron chi connectivity index (χ0n) is 19.8. The minimum Gasteiger partial charge on any atom is -0.497 e. The first-order valence-electron chi connectivity index (χ1n) is 11.2. The number of methoxy groups -OCH3 is 1. The van der Waals surface area contributed by atoms with E-state index in [9.17, 15) is 9.59 Å². The molecule has 1 amide bonds. The number of benzene rings is 3. The lowest BCUT2D eigenvalue weighted by Crippen LogP contribution is -2.20. The van der Waals surface area contributed by atoms with Gasteiger partial charge in [-0.05, 0) is 68.4 Å². The fourth-order valence-electron chi connectivity index (χ4n) is 3.54. The Kier molecular flexibility index (Phi) is 7.26. The van der Waals surface area contributed by atoms with E-state index in [0.29, 0.717) is 33.6 Å². The van der Waals surface area contributed by atoms with Gasteiger partial charge in [0.25, 0.3) is 5.91 Å². The van der Waals surface area contributed by atoms with Gasteiger partial charge in [-0.2, -0.15) is 0 Å². The molecule has 0 aliphatic heterocycles. The van der Waals surface area contributed by atoms with Gasteiger partial charge in [0.1, 0.15) is 11.5 Å². The number of carbonyl (C=O) groups is 2. The summed E-state index contributed by atoms with van der Waals surface area (Å²) in [4.78, 5) is 29.6. The molecule has 0 radical (unpaired) electrons. The lowest BCUT2D eigenvalue weighted by atomic mass is 10.1. The second-order valence-corrected chi connectivity index (χ2v) is 7.89. The van der Waals surface area contributed by atoms with Crippen LogP contribution in [0.3, 0.4) is 0 Å². The lowest BCUT2D eigenvalue weighted by Gasteiger charge is -2.13. The van der Waals surface area contributed by atoms with Crippen molar-refractivity contribution in [1.29, 1.82) is 0 Å². The quantitative estimate of drug-likeness (QED) is 0.346. The van der Waals surface area contributed by atoms with Gasteiger partial charge in [0.2, 0.25) is 0 Å². The van der Waals surface area contributed by atoms with Crippen LogP contribution >= 0.6 is 0 Å². The molecule has 3 aromatic carbocycles. The number of carbonyl (C=O) groups excluding carboxylic acids is 2. The number of aryl methyl sites for hydroxylation is 1. The maximum Gasteiger partial charge on any atom is 0.338 e. The number of rotatable bonds is 8. The minimum absolute atomic E-state index is 0.210. The van der Waals surface area contributed by atoms with Crippen molar-refractivity contribution in [3.05, 3.63) is 83.9 Å². The predicted molar refractivity (Wildman–Crippen MR) is 135 cm³/mol. The number of hydrogen-bond acceptors (Lipinski definition) is 6. The Morgan fingerprint density at radius 3 is 2.37 bits per heavy atom. The molecule has 35 heavy (non-hydrogen) atoms. The molecule has 0 bridgehead atoms. The molecule has 7 nitrogen and oxygen atoms in total. The second-order valence-electron chi connectivity index (χ2n) is 7.89. The highest BCUT2D eigenvalue weighted by atomic mass is 16.5. The van der Waals surface area contributed by atoms with Crippen LogP contribution in [0, 0.1) is 6.92 Å². The monoisotopic (exact) mass is 470 g/mol. The number of hydrogen-bond donors (Lipinski definition) is 1. The maximum atomic E-state index is 12.6. The van der Waals surface area contributed by atoms with Gasteiger partial charge in [-0.3, -0.25) is 4.79 Å². The lowest BCUT2D eigenvalue weighted by molar-refractivity contribution is -0.118. The molecule has 4 rings (SSSR count). The minimum atomic E-state index is -0.434. The molecule has 0 saturated carbocycles. The summed E-state index contributed by atoms with van der Waals surface area (Å²) in [6.07, 6.45) is 0. The third kappa shape index (κ3) is 5.76. The van der Waals surface area contributed by atoms with Crippen molar-refractivity contribution >= 4 is 28.5 Å². The largest absolute Gasteiger partial charge is 0.497 e. The summed E-state index contributed by atoms with van der Waals surface area (Å²) in [6, 6.07) is 21.8. The Hall–Kier alpha value is -4.39. The van der Waals surface area contributed by atoms with E-state index < -0.39 is 5.97 Å². The summed E-state index contributed by atoms with van der Waals surface area (Å²) in [5.74, 6) is 0.437. The number of aromatic nitrogens is 1. The molecule has 4 aromatic rings. The summed E-state index contributed by atoms with van der Waals surface area (Å²) in [6.45, 7) is 3.80. The molecule has 0 atom stereocenters. The Morgan fingerprint density at radius 1 is 0.943 bits per heavy atom. The summed E-state index contributed by atoms with van der Waals surface area (Å²) < 4.78 is 16.3. The van der Waals surface area contributed by atoms with Crippen molar-refractivity contribution < 1.29 is 23.8 Å². The highest BCUT2D eigenvalue weighted by Gasteiger charge is 2.15. The van der Waals surface area contributed by atoms with Crippen LogP contribution in [0.25, 0.3) is 22.2 Å². The number of anilines is 1. The van der Waals surface area contributed by atoms with Gasteiger partial charge >= 0.3 is 5.97 Å². The third-order valence-electron chi connectivity index (χ3n) is 5.36. The van der Waals surface area contributed by atoms with Gasteiger partial charge in [-0.15, -0.1) is 0 Å². The molecule has 1 N–H and O–H groups in total. The summed E-state index contributed by atoms with van der Waals surface area (Å²) in [7, 11) is 1.61. The van der Waals surface area contributed by atoms with Crippen LogP contribution in [0.5, 0.6) is 11.5 Å². The van der Waals surface area contributed by atoms with Crippen molar-refractivity contribution in [2.75, 3.05) is 25.6 Å². The van der Waals surface area contributed by atoms with E-state index in [-0.39, 0.29) is 19.1 Å². The molecular weight excluding hydrogens is 444 g/mol. The van der Waals surface area contributed by atoms with Crippen molar-refractivity contribution in [2.45, 2.75) is 13.8 Å². The number of nitrogens with zero attached hydrogens (tertiary/aromatic N) is 1. The first-order chi connectivity index (χ1) is 17.0. The van der Waals surface area contributed by atoms with Crippen LogP contribution in [0.2, 0.25) is 0 Å². The summed E-state index contributed by atoms with van der Waals surface area (Å²) in [5.41, 5.74) is 4.32. The molecule has 0 aliphatic rings. The molecule has 0 spiro atoms. The smallest absolute Gasteiger partial charge is 0.338 e. The topological polar surface area (TPSA) is 86.8 Å². The number of esters is 1. The van der Waals surface area contributed by atoms with Crippen LogP contribution in [-0.4, -0.2) is 37.2 Å². The van der Waals surface area contributed by atoms with Crippen molar-refractivity contribution in [1.82, 2.24) is 4.98 Å². The van der Waals surface area contributed by atoms with Crippen LogP contribution in [0.1, 0.15) is 22.8 Å². The van der Waals surface area contributed by atoms with Crippen molar-refractivity contribution in [2.24, 2.45) is 0 Å². The number of amides is 1. The fraction of sp³-hybridized carbons (Fsp3) is 0.179. The maximum absolute atomic E-state index is 12.6. The number of ether oxygens (including phenoxy) is 3. The van der Waals surface area contributed by atoms with Crippen molar-refractivity contribution in [3.8, 4) is 22.8 Å². The summed E-state index contributed by atoms with van der Waals surface area (Å²) in [5, 5.41) is 3.43. The average Bonchev–Trinajstić information content (AvgIpc) is 2.88. The van der Waals surface area contributed by atoms with Gasteiger partial charge in [0.05, 0.1) is 30.5 Å². The van der Waals surface area contributed by atoms with Gasteiger partial charge in [-0.25, -0.2) is 9.78 Å². The van der Waals surface area contributed by atoms with Crippen molar-refractivity contribution in [3.63, 3.8) is 0 Å². The highest BCUT2D eigenvalue weighted by molar-refractivity contribution is 5.97. The Balaban J connectivity index is 1.66. The summed E-state index contributed by atoms with van der Waals surface area (Å²) >= 11 is 0. The van der Waals surface area contributed by atoms with Crippen LogP contribution in [-0.2, 0) is 9.53 Å². The van der Waals surface area contributed by atoms with Gasteiger partial charge in [-0.1, -0.05) is 17.7 Å². The second kappa shape index (κ2) is 10.7. The predicted octanol–water partition coefficient (Wildman–Crippen LogP) is 5.41. The fourth-order valence-corrected chi connectivity index (χ4v) is 3.54. The standard InChI is InChI=1S/C28H26N2O5/c1-4-34-28(32)20-9-14-24-23(15-20)26(16-25(30-24)19-7-12-22(33-3)13-8-19)35-17-27(31)29-21-10-5-18(2)6-11-21/h5-16H,4,17H2,1-3H3,(H,29,31). The van der Waals surface area contributed by atoms with E-state index in [4.69, 9.17) is 19.2 Å². The molecular formula is C28H26N2O5. The van der Waals surface area contributed by atoms with E-state index in [2.05, 4.69) is 5.32 Å². The number of pyridine rings is 1. The van der Waals surface area contributed by atoms with Crippen LogP contribution < -0.4 is 14.8 Å². The van der Waals surface area contributed by atoms with E-state index in [1.807, 2.05) is 55.5 Å². The van der Waals surface area contributed by atoms with E-state index in [0.717, 1.165) is 16.9 Å². The molecule has 0 aliphatic carbocycles. The van der Waals surface area contributed by atoms with Gasteiger partial charge in [0, 0.05) is 22.7 Å². The van der Waals surface area contributed by atoms with E-state index in [1.165, 1.54) is 0 Å². The molecule has 7 heteroatoms. The average molecular weight is 471 g/mol. The zero-order valence-corrected chi connectivity index (χ0v) is 19.8. The van der Waals surface area contributed by atoms with Gasteiger partial charge in [0.15, 0.2) is 6.61 Å². The van der Waals surface area contributed by atoms with Crippen LogP contribution in [0.15, 0.2) is 72.8 Å². The first-order valence-corrected chi connectivity index (χ1v) is 11.2. The zero-order chi connectivity index (χ0) is 24.8.